The van der Waals surface area contributed by atoms with Crippen LogP contribution in [0.2, 0.25) is 5.02 Å². The number of hydrogen-bond donors (Lipinski definition) is 0. The van der Waals surface area contributed by atoms with E-state index in [-0.39, 0.29) is 5.78 Å². The van der Waals surface area contributed by atoms with Gasteiger partial charge in [-0.15, -0.1) is 0 Å². The summed E-state index contributed by atoms with van der Waals surface area (Å²) in [6, 6.07) is 12.5. The van der Waals surface area contributed by atoms with E-state index in [1.807, 2.05) is 25.1 Å². The van der Waals surface area contributed by atoms with E-state index in [0.717, 1.165) is 15.4 Å². The van der Waals surface area contributed by atoms with E-state index in [1.54, 1.807) is 24.3 Å². The Labute approximate surface area is 129 Å². The molecule has 2 aromatic carbocycles. The van der Waals surface area contributed by atoms with E-state index in [2.05, 4.69) is 15.9 Å². The van der Waals surface area contributed by atoms with E-state index < -0.39 is 0 Å². The van der Waals surface area contributed by atoms with Crippen LogP contribution in [-0.4, -0.2) is 5.78 Å². The SMILES string of the molecule is Cc1c(C(=O)c2ccc(Cl)cc2)oc2ccc(Br)cc12. The Hall–Kier alpha value is -1.58. The maximum atomic E-state index is 12.5. The first-order chi connectivity index (χ1) is 9.56. The molecule has 0 bridgehead atoms. The van der Waals surface area contributed by atoms with Gasteiger partial charge in [0.05, 0.1) is 0 Å². The number of aryl methyl sites for hydroxylation is 1. The third kappa shape index (κ3) is 2.28. The van der Waals surface area contributed by atoms with Crippen molar-refractivity contribution in [1.82, 2.24) is 0 Å². The molecule has 0 N–H and O–H groups in total. The van der Waals surface area contributed by atoms with Crippen LogP contribution in [0.1, 0.15) is 21.7 Å². The molecule has 1 heterocycles. The smallest absolute Gasteiger partial charge is 0.228 e. The summed E-state index contributed by atoms with van der Waals surface area (Å²) in [5.41, 5.74) is 2.12. The molecule has 0 aliphatic carbocycles. The molecule has 0 saturated carbocycles. The zero-order valence-corrected chi connectivity index (χ0v) is 13.0. The molecule has 100 valence electrons. The quantitative estimate of drug-likeness (QED) is 0.581. The summed E-state index contributed by atoms with van der Waals surface area (Å²) < 4.78 is 6.65. The van der Waals surface area contributed by atoms with Crippen molar-refractivity contribution in [3.05, 3.63) is 68.8 Å². The number of carbonyl (C=O) groups is 1. The van der Waals surface area contributed by atoms with Gasteiger partial charge in [-0.25, -0.2) is 0 Å². The molecule has 0 amide bonds. The largest absolute Gasteiger partial charge is 0.452 e. The molecule has 2 nitrogen and oxygen atoms in total. The first-order valence-electron chi connectivity index (χ1n) is 6.05. The van der Waals surface area contributed by atoms with Crippen molar-refractivity contribution in [2.45, 2.75) is 6.92 Å². The molecule has 3 aromatic rings. The second-order valence-corrected chi connectivity index (χ2v) is 5.88. The number of rotatable bonds is 2. The Morgan fingerprint density at radius 3 is 2.55 bits per heavy atom. The average molecular weight is 350 g/mol. The van der Waals surface area contributed by atoms with Gasteiger partial charge < -0.3 is 4.42 Å². The molecule has 20 heavy (non-hydrogen) atoms. The van der Waals surface area contributed by atoms with Crippen molar-refractivity contribution in [2.75, 3.05) is 0 Å². The third-order valence-corrected chi connectivity index (χ3v) is 3.96. The lowest BCUT2D eigenvalue weighted by Crippen LogP contribution is -2.00. The lowest BCUT2D eigenvalue weighted by molar-refractivity contribution is 0.101. The Morgan fingerprint density at radius 2 is 1.85 bits per heavy atom. The van der Waals surface area contributed by atoms with Gasteiger partial charge in [-0.2, -0.15) is 0 Å². The van der Waals surface area contributed by atoms with Gasteiger partial charge in [-0.05, 0) is 49.4 Å². The van der Waals surface area contributed by atoms with Gasteiger partial charge in [-0.3, -0.25) is 4.79 Å². The van der Waals surface area contributed by atoms with Gasteiger partial charge in [0.1, 0.15) is 5.58 Å². The molecule has 4 heteroatoms. The number of furan rings is 1. The molecule has 0 saturated heterocycles. The van der Waals surface area contributed by atoms with Gasteiger partial charge in [-0.1, -0.05) is 27.5 Å². The van der Waals surface area contributed by atoms with Gasteiger partial charge in [0, 0.05) is 26.0 Å². The van der Waals surface area contributed by atoms with E-state index in [4.69, 9.17) is 16.0 Å². The van der Waals surface area contributed by atoms with Crippen LogP contribution in [-0.2, 0) is 0 Å². The highest BCUT2D eigenvalue weighted by atomic mass is 79.9. The molecule has 0 atom stereocenters. The molecular weight excluding hydrogens is 340 g/mol. The summed E-state index contributed by atoms with van der Waals surface area (Å²) in [7, 11) is 0. The van der Waals surface area contributed by atoms with Crippen LogP contribution < -0.4 is 0 Å². The van der Waals surface area contributed by atoms with Gasteiger partial charge in [0.25, 0.3) is 0 Å². The molecule has 0 aliphatic rings. The van der Waals surface area contributed by atoms with Gasteiger partial charge in [0.2, 0.25) is 5.78 Å². The molecule has 0 unspecified atom stereocenters. The third-order valence-electron chi connectivity index (χ3n) is 3.21. The minimum Gasteiger partial charge on any atom is -0.452 e. The highest BCUT2D eigenvalue weighted by Crippen LogP contribution is 2.29. The summed E-state index contributed by atoms with van der Waals surface area (Å²) >= 11 is 9.26. The Kier molecular flexibility index (Phi) is 3.40. The number of ketones is 1. The summed E-state index contributed by atoms with van der Waals surface area (Å²) in [6.07, 6.45) is 0. The second-order valence-electron chi connectivity index (χ2n) is 4.53. The number of carbonyl (C=O) groups excluding carboxylic acids is 1. The van der Waals surface area contributed by atoms with E-state index >= 15 is 0 Å². The van der Waals surface area contributed by atoms with Crippen LogP contribution in [0.15, 0.2) is 51.4 Å². The fourth-order valence-electron chi connectivity index (χ4n) is 2.14. The second kappa shape index (κ2) is 5.08. The summed E-state index contributed by atoms with van der Waals surface area (Å²) in [5.74, 6) is 0.243. The predicted molar refractivity (Wildman–Crippen MR) is 83.5 cm³/mol. The maximum absolute atomic E-state index is 12.5. The number of halogens is 2. The number of fused-ring (bicyclic) bond motifs is 1. The zero-order chi connectivity index (χ0) is 14.3. The average Bonchev–Trinajstić information content (AvgIpc) is 2.76. The normalized spacial score (nSPS) is 10.9. The van der Waals surface area contributed by atoms with Crippen LogP contribution in [0.4, 0.5) is 0 Å². The summed E-state index contributed by atoms with van der Waals surface area (Å²) in [5, 5.41) is 1.54. The molecular formula is C16H10BrClO2. The van der Waals surface area contributed by atoms with Crippen LogP contribution in [0.25, 0.3) is 11.0 Å². The van der Waals surface area contributed by atoms with Crippen molar-refractivity contribution in [3.8, 4) is 0 Å². The van der Waals surface area contributed by atoms with Crippen molar-refractivity contribution in [1.29, 1.82) is 0 Å². The van der Waals surface area contributed by atoms with Crippen molar-refractivity contribution >= 4 is 44.3 Å². The maximum Gasteiger partial charge on any atom is 0.228 e. The van der Waals surface area contributed by atoms with Gasteiger partial charge in [0.15, 0.2) is 5.76 Å². The molecule has 0 fully saturated rings. The van der Waals surface area contributed by atoms with E-state index in [0.29, 0.717) is 21.9 Å². The molecule has 3 rings (SSSR count). The standard InChI is InChI=1S/C16H10BrClO2/c1-9-13-8-11(17)4-7-14(13)20-16(9)15(19)10-2-5-12(18)6-3-10/h2-8H,1H3. The molecule has 0 spiro atoms. The topological polar surface area (TPSA) is 30.2 Å². The van der Waals surface area contributed by atoms with Crippen molar-refractivity contribution in [3.63, 3.8) is 0 Å². The fourth-order valence-corrected chi connectivity index (χ4v) is 2.63. The van der Waals surface area contributed by atoms with E-state index in [9.17, 15) is 4.79 Å². The van der Waals surface area contributed by atoms with Crippen molar-refractivity contribution in [2.24, 2.45) is 0 Å². The van der Waals surface area contributed by atoms with Gasteiger partial charge >= 0.3 is 0 Å². The van der Waals surface area contributed by atoms with Crippen molar-refractivity contribution < 1.29 is 9.21 Å². The Morgan fingerprint density at radius 1 is 1.15 bits per heavy atom. The molecule has 0 radical (unpaired) electrons. The molecule has 1 aromatic heterocycles. The van der Waals surface area contributed by atoms with Crippen LogP contribution in [0.3, 0.4) is 0 Å². The Balaban J connectivity index is 2.12. The highest BCUT2D eigenvalue weighted by Gasteiger charge is 2.19. The summed E-state index contributed by atoms with van der Waals surface area (Å²) in [4.78, 5) is 12.5. The van der Waals surface area contributed by atoms with Crippen LogP contribution in [0.5, 0.6) is 0 Å². The highest BCUT2D eigenvalue weighted by molar-refractivity contribution is 9.10. The number of benzene rings is 2. The predicted octanol–water partition coefficient (Wildman–Crippen LogP) is 5.39. The minimum absolute atomic E-state index is 0.133. The molecule has 0 aliphatic heterocycles. The minimum atomic E-state index is -0.133. The zero-order valence-electron chi connectivity index (χ0n) is 10.6. The van der Waals surface area contributed by atoms with Crippen LogP contribution >= 0.6 is 27.5 Å². The monoisotopic (exact) mass is 348 g/mol. The fraction of sp³-hybridized carbons (Fsp3) is 0.0625. The van der Waals surface area contributed by atoms with E-state index in [1.165, 1.54) is 0 Å². The first-order valence-corrected chi connectivity index (χ1v) is 7.22. The summed E-state index contributed by atoms with van der Waals surface area (Å²) in [6.45, 7) is 1.89. The first kappa shape index (κ1) is 13.4. The van der Waals surface area contributed by atoms with Crippen LogP contribution in [0, 0.1) is 6.92 Å². The lowest BCUT2D eigenvalue weighted by atomic mass is 10.1. The number of hydrogen-bond acceptors (Lipinski definition) is 2. The lowest BCUT2D eigenvalue weighted by Gasteiger charge is -1.99. The Bertz CT molecular complexity index is 803.